The number of hydrogen-bond acceptors (Lipinski definition) is 2. The van der Waals surface area contributed by atoms with Crippen LogP contribution < -0.4 is 5.32 Å². The molecule has 82 valence electrons. The van der Waals surface area contributed by atoms with E-state index in [-0.39, 0.29) is 17.9 Å². The van der Waals surface area contributed by atoms with Gasteiger partial charge in [-0.2, -0.15) is 0 Å². The summed E-state index contributed by atoms with van der Waals surface area (Å²) in [5, 5.41) is 2.71. The molecule has 0 saturated heterocycles. The minimum absolute atomic E-state index is 0.0236. The van der Waals surface area contributed by atoms with Crippen LogP contribution in [-0.2, 0) is 9.59 Å². The molecule has 1 unspecified atom stereocenters. The maximum absolute atomic E-state index is 11.4. The number of amides is 1. The van der Waals surface area contributed by atoms with Crippen LogP contribution in [0.25, 0.3) is 0 Å². The average molecular weight is 199 g/mol. The Kier molecular flexibility index (Phi) is 6.17. The molecule has 3 heteroatoms. The zero-order valence-electron chi connectivity index (χ0n) is 9.54. The third-order valence-electron chi connectivity index (χ3n) is 2.14. The molecule has 1 amide bonds. The summed E-state index contributed by atoms with van der Waals surface area (Å²) < 4.78 is 0. The summed E-state index contributed by atoms with van der Waals surface area (Å²) in [6.45, 7) is 7.99. The van der Waals surface area contributed by atoms with Crippen LogP contribution in [0, 0.1) is 11.8 Å². The van der Waals surface area contributed by atoms with E-state index in [2.05, 4.69) is 19.2 Å². The first-order valence-electron chi connectivity index (χ1n) is 5.22. The minimum Gasteiger partial charge on any atom is -0.346 e. The lowest BCUT2D eigenvalue weighted by atomic mass is 10.0. The summed E-state index contributed by atoms with van der Waals surface area (Å²) in [7, 11) is 0. The second-order valence-electron chi connectivity index (χ2n) is 4.41. The lowest BCUT2D eigenvalue weighted by Crippen LogP contribution is -2.39. The van der Waals surface area contributed by atoms with Crippen molar-refractivity contribution in [3.05, 3.63) is 0 Å². The molecule has 0 rings (SSSR count). The summed E-state index contributed by atoms with van der Waals surface area (Å²) in [6.07, 6.45) is 2.18. The predicted molar refractivity (Wildman–Crippen MR) is 56.9 cm³/mol. The fraction of sp³-hybridized carbons (Fsp3) is 0.818. The maximum Gasteiger partial charge on any atom is 0.220 e. The van der Waals surface area contributed by atoms with Crippen molar-refractivity contribution in [1.82, 2.24) is 5.32 Å². The third kappa shape index (κ3) is 5.73. The Morgan fingerprint density at radius 3 is 2.21 bits per heavy atom. The molecule has 0 aromatic rings. The van der Waals surface area contributed by atoms with E-state index >= 15 is 0 Å². The lowest BCUT2D eigenvalue weighted by Gasteiger charge is -2.16. The number of carbonyl (C=O) groups excluding carboxylic acids is 2. The monoisotopic (exact) mass is 199 g/mol. The summed E-state index contributed by atoms with van der Waals surface area (Å²) in [6, 6.07) is -0.338. The molecule has 0 saturated carbocycles. The number of rotatable bonds is 6. The molecule has 0 radical (unpaired) electrons. The number of hydrogen-bond donors (Lipinski definition) is 1. The van der Waals surface area contributed by atoms with E-state index in [0.29, 0.717) is 12.3 Å². The number of aldehydes is 1. The molecule has 0 heterocycles. The molecule has 3 nitrogen and oxygen atoms in total. The average Bonchev–Trinajstić information content (AvgIpc) is 2.10. The van der Waals surface area contributed by atoms with Crippen molar-refractivity contribution in [2.24, 2.45) is 11.8 Å². The van der Waals surface area contributed by atoms with Gasteiger partial charge in [0.2, 0.25) is 5.91 Å². The maximum atomic E-state index is 11.4. The van der Waals surface area contributed by atoms with Gasteiger partial charge >= 0.3 is 0 Å². The van der Waals surface area contributed by atoms with Crippen LogP contribution in [0.2, 0.25) is 0 Å². The van der Waals surface area contributed by atoms with Crippen LogP contribution in [0.15, 0.2) is 0 Å². The largest absolute Gasteiger partial charge is 0.346 e. The highest BCUT2D eigenvalue weighted by molar-refractivity contribution is 5.79. The first-order valence-corrected chi connectivity index (χ1v) is 5.22. The van der Waals surface area contributed by atoms with E-state index in [0.717, 1.165) is 12.7 Å². The summed E-state index contributed by atoms with van der Waals surface area (Å²) in [5.74, 6) is 0.662. The van der Waals surface area contributed by atoms with Gasteiger partial charge in [-0.1, -0.05) is 27.7 Å². The van der Waals surface area contributed by atoms with Gasteiger partial charge in [0.15, 0.2) is 0 Å². The van der Waals surface area contributed by atoms with Gasteiger partial charge in [-0.15, -0.1) is 0 Å². The van der Waals surface area contributed by atoms with E-state index in [9.17, 15) is 9.59 Å². The quantitative estimate of drug-likeness (QED) is 0.663. The van der Waals surface area contributed by atoms with E-state index in [1.54, 1.807) is 0 Å². The van der Waals surface area contributed by atoms with Crippen LogP contribution in [0.4, 0.5) is 0 Å². The molecule has 0 aliphatic heterocycles. The number of nitrogens with one attached hydrogen (secondary N) is 1. The Morgan fingerprint density at radius 1 is 1.29 bits per heavy atom. The predicted octanol–water partition coefficient (Wildman–Crippen LogP) is 1.76. The second kappa shape index (κ2) is 6.57. The van der Waals surface area contributed by atoms with Gasteiger partial charge in [-0.25, -0.2) is 0 Å². The third-order valence-corrected chi connectivity index (χ3v) is 2.14. The molecular weight excluding hydrogens is 178 g/mol. The molecule has 0 bridgehead atoms. The molecular formula is C11H21NO2. The Bertz CT molecular complexity index is 188. The minimum atomic E-state index is -0.338. The normalized spacial score (nSPS) is 13.0. The van der Waals surface area contributed by atoms with Crippen molar-refractivity contribution in [2.45, 2.75) is 46.6 Å². The van der Waals surface area contributed by atoms with E-state index in [1.165, 1.54) is 0 Å². The summed E-state index contributed by atoms with van der Waals surface area (Å²) in [4.78, 5) is 22.0. The standard InChI is InChI=1S/C11H21NO2/c1-8(2)5-6-11(14)12-10(7-13)9(3)4/h7-10H,5-6H2,1-4H3,(H,12,14). The van der Waals surface area contributed by atoms with Crippen LogP contribution >= 0.6 is 0 Å². The SMILES string of the molecule is CC(C)CCC(=O)NC(C=O)C(C)C. The van der Waals surface area contributed by atoms with Gasteiger partial charge < -0.3 is 10.1 Å². The van der Waals surface area contributed by atoms with Gasteiger partial charge in [-0.05, 0) is 18.3 Å². The molecule has 14 heavy (non-hydrogen) atoms. The van der Waals surface area contributed by atoms with Gasteiger partial charge in [0.05, 0.1) is 6.04 Å². The first-order chi connectivity index (χ1) is 6.47. The highest BCUT2D eigenvalue weighted by Gasteiger charge is 2.14. The Hall–Kier alpha value is -0.860. The molecule has 0 aromatic carbocycles. The van der Waals surface area contributed by atoms with Gasteiger partial charge in [0.1, 0.15) is 6.29 Å². The zero-order valence-corrected chi connectivity index (χ0v) is 9.54. The lowest BCUT2D eigenvalue weighted by molar-refractivity contribution is -0.124. The smallest absolute Gasteiger partial charge is 0.220 e. The highest BCUT2D eigenvalue weighted by Crippen LogP contribution is 2.04. The van der Waals surface area contributed by atoms with Crippen molar-refractivity contribution in [3.63, 3.8) is 0 Å². The van der Waals surface area contributed by atoms with Crippen LogP contribution in [0.5, 0.6) is 0 Å². The zero-order chi connectivity index (χ0) is 11.1. The Labute approximate surface area is 86.3 Å². The fourth-order valence-electron chi connectivity index (χ4n) is 1.04. The van der Waals surface area contributed by atoms with Gasteiger partial charge in [-0.3, -0.25) is 4.79 Å². The molecule has 0 aliphatic carbocycles. The van der Waals surface area contributed by atoms with Crippen molar-refractivity contribution in [3.8, 4) is 0 Å². The van der Waals surface area contributed by atoms with E-state index in [1.807, 2.05) is 13.8 Å². The van der Waals surface area contributed by atoms with Crippen molar-refractivity contribution in [2.75, 3.05) is 0 Å². The number of carbonyl (C=O) groups is 2. The van der Waals surface area contributed by atoms with Crippen LogP contribution in [0.1, 0.15) is 40.5 Å². The summed E-state index contributed by atoms with van der Waals surface area (Å²) >= 11 is 0. The molecule has 0 spiro atoms. The van der Waals surface area contributed by atoms with Gasteiger partial charge in [0, 0.05) is 6.42 Å². The Morgan fingerprint density at radius 2 is 1.86 bits per heavy atom. The van der Waals surface area contributed by atoms with Crippen molar-refractivity contribution >= 4 is 12.2 Å². The van der Waals surface area contributed by atoms with E-state index < -0.39 is 0 Å². The van der Waals surface area contributed by atoms with E-state index in [4.69, 9.17) is 0 Å². The molecule has 0 fully saturated rings. The molecule has 0 aromatic heterocycles. The first kappa shape index (κ1) is 13.1. The highest BCUT2D eigenvalue weighted by atomic mass is 16.2. The fourth-order valence-corrected chi connectivity index (χ4v) is 1.04. The van der Waals surface area contributed by atoms with Gasteiger partial charge in [0.25, 0.3) is 0 Å². The molecule has 1 atom stereocenters. The Balaban J connectivity index is 3.85. The van der Waals surface area contributed by atoms with Crippen molar-refractivity contribution < 1.29 is 9.59 Å². The van der Waals surface area contributed by atoms with Crippen LogP contribution in [0.3, 0.4) is 0 Å². The van der Waals surface area contributed by atoms with Crippen molar-refractivity contribution in [1.29, 1.82) is 0 Å². The molecule has 0 aliphatic rings. The summed E-state index contributed by atoms with van der Waals surface area (Å²) in [5.41, 5.74) is 0. The topological polar surface area (TPSA) is 46.2 Å². The molecule has 1 N–H and O–H groups in total. The van der Waals surface area contributed by atoms with Crippen LogP contribution in [-0.4, -0.2) is 18.2 Å². The second-order valence-corrected chi connectivity index (χ2v) is 4.41.